The lowest BCUT2D eigenvalue weighted by molar-refractivity contribution is -0.127. The van der Waals surface area contributed by atoms with Crippen LogP contribution in [0.25, 0.3) is 10.8 Å². The number of hydrogen-bond donors (Lipinski definition) is 0. The zero-order chi connectivity index (χ0) is 23.2. The molecule has 3 heteroatoms. The first-order chi connectivity index (χ1) is 15.5. The number of benzene rings is 3. The third-order valence-electron chi connectivity index (χ3n) is 5.79. The van der Waals surface area contributed by atoms with Crippen molar-refractivity contribution in [1.82, 2.24) is 9.80 Å². The second-order valence-electron chi connectivity index (χ2n) is 8.51. The normalized spacial score (nSPS) is 14.7. The summed E-state index contributed by atoms with van der Waals surface area (Å²) in [5, 5.41) is 2.64. The molecule has 172 valence electrons. The van der Waals surface area contributed by atoms with Crippen LogP contribution in [0.15, 0.2) is 72.8 Å². The van der Waals surface area contributed by atoms with E-state index in [9.17, 15) is 4.79 Å². The maximum atomic E-state index is 10.6. The lowest BCUT2D eigenvalue weighted by Gasteiger charge is -2.28. The fourth-order valence-corrected chi connectivity index (χ4v) is 3.57. The summed E-state index contributed by atoms with van der Waals surface area (Å²) in [6.45, 7) is 13.9. The van der Waals surface area contributed by atoms with Crippen LogP contribution < -0.4 is 0 Å². The van der Waals surface area contributed by atoms with E-state index in [-0.39, 0.29) is 5.91 Å². The molecule has 0 N–H and O–H groups in total. The topological polar surface area (TPSA) is 23.6 Å². The van der Waals surface area contributed by atoms with E-state index in [1.807, 2.05) is 23.1 Å². The third-order valence-corrected chi connectivity index (χ3v) is 5.79. The van der Waals surface area contributed by atoms with Crippen molar-refractivity contribution in [3.63, 3.8) is 0 Å². The zero-order valence-electron chi connectivity index (χ0n) is 20.4. The van der Waals surface area contributed by atoms with Gasteiger partial charge in [-0.2, -0.15) is 0 Å². The summed E-state index contributed by atoms with van der Waals surface area (Å²) in [6.07, 6.45) is 3.81. The Bertz CT molecular complexity index is 910. The van der Waals surface area contributed by atoms with Crippen molar-refractivity contribution in [1.29, 1.82) is 0 Å². The first-order valence-electron chi connectivity index (χ1n) is 11.9. The quantitative estimate of drug-likeness (QED) is 0.439. The van der Waals surface area contributed by atoms with Gasteiger partial charge in [-0.25, -0.2) is 0 Å². The minimum absolute atomic E-state index is 0.225. The predicted octanol–water partition coefficient (Wildman–Crippen LogP) is 6.48. The summed E-state index contributed by atoms with van der Waals surface area (Å²) in [4.78, 5) is 14.9. The molecule has 0 aromatic heterocycles. The van der Waals surface area contributed by atoms with E-state index >= 15 is 0 Å². The van der Waals surface area contributed by atoms with Gasteiger partial charge in [0.2, 0.25) is 5.91 Å². The molecule has 0 radical (unpaired) electrons. The molecular weight excluding hydrogens is 392 g/mol. The highest BCUT2D eigenvalue weighted by Gasteiger charge is 2.12. The smallest absolute Gasteiger partial charge is 0.219 e. The Morgan fingerprint density at radius 2 is 1.31 bits per heavy atom. The average Bonchev–Trinajstić information content (AvgIpc) is 3.30. The van der Waals surface area contributed by atoms with E-state index in [2.05, 4.69) is 80.3 Å². The van der Waals surface area contributed by atoms with Crippen molar-refractivity contribution in [2.24, 2.45) is 0 Å². The molecule has 2 aliphatic heterocycles. The lowest BCUT2D eigenvalue weighted by atomic mass is 10.1. The average molecular weight is 433 g/mol. The second kappa shape index (κ2) is 14.4. The summed E-state index contributed by atoms with van der Waals surface area (Å²) in [6, 6.07) is 25.2. The van der Waals surface area contributed by atoms with E-state index in [1.165, 1.54) is 60.8 Å². The van der Waals surface area contributed by atoms with E-state index in [4.69, 9.17) is 0 Å². The molecule has 2 fully saturated rings. The van der Waals surface area contributed by atoms with Crippen molar-refractivity contribution < 1.29 is 4.79 Å². The monoisotopic (exact) mass is 432 g/mol. The lowest BCUT2D eigenvalue weighted by Crippen LogP contribution is -2.36. The minimum Gasteiger partial charge on any atom is -0.343 e. The number of hydrogen-bond acceptors (Lipinski definition) is 2. The molecule has 32 heavy (non-hydrogen) atoms. The molecule has 0 unspecified atom stereocenters. The molecule has 2 heterocycles. The molecular formula is C29H40N2O. The number of carbonyl (C=O) groups excluding carboxylic acids is 1. The fourth-order valence-electron chi connectivity index (χ4n) is 3.57. The first kappa shape index (κ1) is 25.6. The van der Waals surface area contributed by atoms with E-state index < -0.39 is 0 Å². The molecule has 0 spiro atoms. The number of rotatable bonds is 1. The number of fused-ring (bicyclic) bond motifs is 1. The molecule has 0 saturated carbocycles. The summed E-state index contributed by atoms with van der Waals surface area (Å²) in [5.41, 5.74) is 2.64. The van der Waals surface area contributed by atoms with E-state index in [0.29, 0.717) is 0 Å². The first-order valence-corrected chi connectivity index (χ1v) is 11.9. The van der Waals surface area contributed by atoms with Crippen LogP contribution >= 0.6 is 0 Å². The third kappa shape index (κ3) is 9.65. The largest absolute Gasteiger partial charge is 0.343 e. The van der Waals surface area contributed by atoms with Crippen molar-refractivity contribution in [3.8, 4) is 0 Å². The van der Waals surface area contributed by atoms with E-state index in [0.717, 1.165) is 13.1 Å². The number of nitrogens with zero attached hydrogens (tertiary/aromatic N) is 2. The standard InChI is InChI=1S/C11H10.C7H8.C6H11NO.C5H11N/c1-9-6-7-10-4-2-3-5-11(10)8-9;1-7-5-3-2-4-6-7;1-6(8)7-4-2-3-5-7;1-2-6-4-3-5-6/h2-8H,1H3;2-6H,1H3;2-5H2,1H3;2-5H2,1H3. The van der Waals surface area contributed by atoms with Gasteiger partial charge in [-0.15, -0.1) is 0 Å². The summed E-state index contributed by atoms with van der Waals surface area (Å²) < 4.78 is 0. The molecule has 3 aromatic rings. The van der Waals surface area contributed by atoms with Crippen molar-refractivity contribution in [2.45, 2.75) is 47.0 Å². The van der Waals surface area contributed by atoms with Gasteiger partial charge in [-0.3, -0.25) is 4.79 Å². The molecule has 0 bridgehead atoms. The van der Waals surface area contributed by atoms with Crippen LogP contribution in [0.5, 0.6) is 0 Å². The van der Waals surface area contributed by atoms with Gasteiger partial charge in [0.15, 0.2) is 0 Å². The van der Waals surface area contributed by atoms with Crippen LogP contribution in [0.1, 0.15) is 44.2 Å². The van der Waals surface area contributed by atoms with Crippen LogP contribution in [0.4, 0.5) is 0 Å². The molecule has 3 nitrogen and oxygen atoms in total. The van der Waals surface area contributed by atoms with Gasteiger partial charge in [0.1, 0.15) is 0 Å². The molecule has 5 rings (SSSR count). The van der Waals surface area contributed by atoms with Gasteiger partial charge in [-0.05, 0) is 63.5 Å². The SMILES string of the molecule is CC(=O)N1CCCC1.CCN1CCC1.Cc1ccc2ccccc2c1.Cc1ccccc1. The molecule has 2 aliphatic rings. The second-order valence-corrected chi connectivity index (χ2v) is 8.51. The molecule has 1 amide bonds. The molecule has 0 aliphatic carbocycles. The molecule has 3 aromatic carbocycles. The summed E-state index contributed by atoms with van der Waals surface area (Å²) >= 11 is 0. The number of likely N-dealkylation sites (tertiary alicyclic amines) is 2. The predicted molar refractivity (Wildman–Crippen MR) is 138 cm³/mol. The van der Waals surface area contributed by atoms with Gasteiger partial charge in [-0.1, -0.05) is 90.8 Å². The van der Waals surface area contributed by atoms with Crippen LogP contribution in [0, 0.1) is 13.8 Å². The summed E-state index contributed by atoms with van der Waals surface area (Å²) in [5.74, 6) is 0.225. The Labute approximate surface area is 195 Å². The van der Waals surface area contributed by atoms with Crippen LogP contribution in [0.3, 0.4) is 0 Å². The van der Waals surface area contributed by atoms with Gasteiger partial charge in [0.05, 0.1) is 0 Å². The maximum absolute atomic E-state index is 10.6. The van der Waals surface area contributed by atoms with Crippen LogP contribution in [-0.4, -0.2) is 48.4 Å². The maximum Gasteiger partial charge on any atom is 0.219 e. The molecule has 0 atom stereocenters. The number of amides is 1. The van der Waals surface area contributed by atoms with Crippen molar-refractivity contribution in [2.75, 3.05) is 32.7 Å². The molecule has 2 saturated heterocycles. The van der Waals surface area contributed by atoms with Crippen molar-refractivity contribution in [3.05, 3.63) is 83.9 Å². The number of aryl methyl sites for hydroxylation is 2. The van der Waals surface area contributed by atoms with Crippen LogP contribution in [0.2, 0.25) is 0 Å². The Kier molecular flexibility index (Phi) is 11.5. The highest BCUT2D eigenvalue weighted by Crippen LogP contribution is 2.14. The fraction of sp³-hybridized carbons (Fsp3) is 0.414. The van der Waals surface area contributed by atoms with Gasteiger partial charge in [0.25, 0.3) is 0 Å². The number of carbonyl (C=O) groups is 1. The van der Waals surface area contributed by atoms with Crippen LogP contribution in [-0.2, 0) is 4.79 Å². The Hall–Kier alpha value is -2.65. The Morgan fingerprint density at radius 1 is 0.719 bits per heavy atom. The zero-order valence-corrected chi connectivity index (χ0v) is 20.4. The van der Waals surface area contributed by atoms with Gasteiger partial charge in [0, 0.05) is 20.0 Å². The highest BCUT2D eigenvalue weighted by molar-refractivity contribution is 5.82. The Balaban J connectivity index is 0.000000156. The van der Waals surface area contributed by atoms with E-state index in [1.54, 1.807) is 6.92 Å². The van der Waals surface area contributed by atoms with Gasteiger partial charge >= 0.3 is 0 Å². The minimum atomic E-state index is 0.225. The van der Waals surface area contributed by atoms with Crippen molar-refractivity contribution >= 4 is 16.7 Å². The highest BCUT2D eigenvalue weighted by atomic mass is 16.2. The van der Waals surface area contributed by atoms with Gasteiger partial charge < -0.3 is 9.80 Å². The summed E-state index contributed by atoms with van der Waals surface area (Å²) in [7, 11) is 0. The Morgan fingerprint density at radius 3 is 1.72 bits per heavy atom.